The fraction of sp³-hybridized carbons (Fsp3) is 0.944. The van der Waals surface area contributed by atoms with Gasteiger partial charge in [0.15, 0.2) is 12.4 Å². The Balaban J connectivity index is 1.73. The lowest BCUT2D eigenvalue weighted by molar-refractivity contribution is -0.523. The minimum absolute atomic E-state index is 0.0695. The molecule has 2 saturated heterocycles. The number of hydrogen-bond donors (Lipinski definition) is 10. The summed E-state index contributed by atoms with van der Waals surface area (Å²) in [6.07, 6.45) is -13.8. The van der Waals surface area contributed by atoms with Crippen LogP contribution in [0.25, 0.3) is 0 Å². The fourth-order valence-corrected chi connectivity index (χ4v) is 4.51. The molecule has 3 rings (SSSR count). The third-order valence-electron chi connectivity index (χ3n) is 6.62. The van der Waals surface area contributed by atoms with Crippen molar-refractivity contribution in [1.29, 1.82) is 0 Å². The Morgan fingerprint density at radius 1 is 0.848 bits per heavy atom. The average Bonchev–Trinajstić information content (AvgIpc) is 2.79. The maximum Gasteiger partial charge on any atom is 0.221 e. The van der Waals surface area contributed by atoms with E-state index >= 15 is 0 Å². The van der Waals surface area contributed by atoms with E-state index in [9.17, 15) is 35.4 Å². The fourth-order valence-electron chi connectivity index (χ4n) is 4.51. The van der Waals surface area contributed by atoms with Gasteiger partial charge in [-0.15, -0.1) is 0 Å². The molecule has 3 aliphatic rings. The molecule has 0 unspecified atom stereocenters. The summed E-state index contributed by atoms with van der Waals surface area (Å²) in [7, 11) is 0. The molecular formula is C18H38N4O11+4. The van der Waals surface area contributed by atoms with E-state index in [1.807, 2.05) is 0 Å². The molecule has 1 aliphatic carbocycles. The molecule has 15 heteroatoms. The first-order valence-corrected chi connectivity index (χ1v) is 11.0. The van der Waals surface area contributed by atoms with E-state index in [4.69, 9.17) is 18.9 Å². The van der Waals surface area contributed by atoms with Crippen molar-refractivity contribution in [3.8, 4) is 0 Å². The number of Topliss-reactive ketones (excluding diaryl/α,β-unsaturated/α-hetero) is 1. The number of rotatable bonds is 6. The van der Waals surface area contributed by atoms with Crippen LogP contribution >= 0.6 is 0 Å². The molecule has 0 spiro atoms. The van der Waals surface area contributed by atoms with E-state index in [1.165, 1.54) is 0 Å². The van der Waals surface area contributed by atoms with Crippen molar-refractivity contribution in [2.24, 2.45) is 0 Å². The second-order valence-electron chi connectivity index (χ2n) is 8.95. The maximum absolute atomic E-state index is 12.4. The minimum atomic E-state index is -1.73. The topological polar surface area (TPSA) is 286 Å². The van der Waals surface area contributed by atoms with E-state index < -0.39 is 98.0 Å². The molecule has 0 aromatic rings. The third-order valence-corrected chi connectivity index (χ3v) is 6.62. The Morgan fingerprint density at radius 2 is 1.45 bits per heavy atom. The van der Waals surface area contributed by atoms with Crippen LogP contribution in [0, 0.1) is 0 Å². The zero-order chi connectivity index (χ0) is 24.6. The van der Waals surface area contributed by atoms with Gasteiger partial charge in [-0.3, -0.25) is 4.79 Å². The highest BCUT2D eigenvalue weighted by molar-refractivity contribution is 5.87. The summed E-state index contributed by atoms with van der Waals surface area (Å²) in [4.78, 5) is 12.4. The van der Waals surface area contributed by atoms with Crippen LogP contribution in [0.3, 0.4) is 0 Å². The molecular weight excluding hydrogens is 448 g/mol. The zero-order valence-corrected chi connectivity index (χ0v) is 18.3. The van der Waals surface area contributed by atoms with Gasteiger partial charge < -0.3 is 72.5 Å². The van der Waals surface area contributed by atoms with Crippen LogP contribution < -0.4 is 22.9 Å². The van der Waals surface area contributed by atoms with E-state index in [0.717, 1.165) is 0 Å². The smallest absolute Gasteiger partial charge is 0.221 e. The molecule has 0 radical (unpaired) electrons. The van der Waals surface area contributed by atoms with Crippen molar-refractivity contribution in [3.05, 3.63) is 0 Å². The Morgan fingerprint density at radius 3 is 2.03 bits per heavy atom. The van der Waals surface area contributed by atoms with Crippen LogP contribution in [0.5, 0.6) is 0 Å². The van der Waals surface area contributed by atoms with Crippen LogP contribution in [0.1, 0.15) is 6.42 Å². The molecule has 2 heterocycles. The first-order valence-electron chi connectivity index (χ1n) is 11.0. The van der Waals surface area contributed by atoms with Gasteiger partial charge in [-0.1, -0.05) is 0 Å². The second-order valence-corrected chi connectivity index (χ2v) is 8.95. The number of hydrogen-bond acceptors (Lipinski definition) is 11. The highest BCUT2D eigenvalue weighted by Crippen LogP contribution is 2.29. The molecule has 1 saturated carbocycles. The Hall–Kier alpha value is -0.890. The number of quaternary nitrogens is 4. The van der Waals surface area contributed by atoms with Crippen LogP contribution in [0.15, 0.2) is 0 Å². The zero-order valence-electron chi connectivity index (χ0n) is 18.3. The molecule has 0 amide bonds. The van der Waals surface area contributed by atoms with E-state index in [0.29, 0.717) is 6.42 Å². The lowest BCUT2D eigenvalue weighted by Crippen LogP contribution is -2.83. The summed E-state index contributed by atoms with van der Waals surface area (Å²) in [6.45, 7) is -0.462. The Bertz CT molecular complexity index is 675. The van der Waals surface area contributed by atoms with E-state index in [-0.39, 0.29) is 6.54 Å². The number of aliphatic hydroxyl groups is 6. The first-order chi connectivity index (χ1) is 15.5. The molecule has 2 aliphatic heterocycles. The van der Waals surface area contributed by atoms with Crippen molar-refractivity contribution >= 4 is 5.78 Å². The summed E-state index contributed by atoms with van der Waals surface area (Å²) in [5.74, 6) is -0.897. The lowest BCUT2D eigenvalue weighted by atomic mass is 9.84. The molecule has 18 N–H and O–H groups in total. The molecule has 15 nitrogen and oxygen atoms in total. The standard InChI is InChI=1S/C18H34N4O11/c19-2-6-10(25)12(27)13(28)18(30-6)33-16-5(21)1-4(20)15(14(16)29)32-17-11(26)8(22)9(24)7(3-23)31-17/h4-12,14-18,23-27,29H,1-3,19-22H2/p+4/t4-,5+,6-,7-,8+,9-,10-,11-,12+,14-,15+,16-,17-,18-/m1/s1. The van der Waals surface area contributed by atoms with Gasteiger partial charge >= 0.3 is 0 Å². The normalized spacial score (nSPS) is 51.5. The molecule has 3 fully saturated rings. The SMILES string of the molecule is [NH3+]C[C@H]1O[C@H](O[C@H]2[C@H](O)[C@@H](O[C@H]3O[C@H](CO)[C@@H](O)[C@H]([NH3+])[C@H]3O)[C@H]([NH3+])C[C@@H]2[NH3+])C(=O)[C@@H](O)[C@@H]1O. The average molecular weight is 487 g/mol. The molecule has 0 aromatic carbocycles. The highest BCUT2D eigenvalue weighted by atomic mass is 16.7. The quantitative estimate of drug-likeness (QED) is 0.168. The van der Waals surface area contributed by atoms with Crippen molar-refractivity contribution < 1.29 is 77.3 Å². The monoisotopic (exact) mass is 486 g/mol. The number of ketones is 1. The first kappa shape index (κ1) is 26.7. The highest BCUT2D eigenvalue weighted by Gasteiger charge is 2.54. The van der Waals surface area contributed by atoms with Gasteiger partial charge in [-0.05, 0) is 0 Å². The van der Waals surface area contributed by atoms with Gasteiger partial charge in [0.2, 0.25) is 12.1 Å². The molecule has 192 valence electrons. The van der Waals surface area contributed by atoms with Crippen molar-refractivity contribution in [1.82, 2.24) is 0 Å². The van der Waals surface area contributed by atoms with Gasteiger partial charge in [-0.2, -0.15) is 0 Å². The Labute approximate surface area is 189 Å². The van der Waals surface area contributed by atoms with Crippen LogP contribution in [0.4, 0.5) is 0 Å². The Kier molecular flexibility index (Phi) is 8.74. The second kappa shape index (κ2) is 10.8. The summed E-state index contributed by atoms with van der Waals surface area (Å²) >= 11 is 0. The lowest BCUT2D eigenvalue weighted by Gasteiger charge is -2.44. The van der Waals surface area contributed by atoms with Gasteiger partial charge in [-0.25, -0.2) is 0 Å². The number of ether oxygens (including phenoxy) is 4. The van der Waals surface area contributed by atoms with Gasteiger partial charge in [0.05, 0.1) is 13.0 Å². The van der Waals surface area contributed by atoms with Gasteiger partial charge in [0.25, 0.3) is 0 Å². The van der Waals surface area contributed by atoms with Crippen LogP contribution in [0.2, 0.25) is 0 Å². The number of carbonyl (C=O) groups is 1. The third kappa shape index (κ3) is 5.21. The van der Waals surface area contributed by atoms with Gasteiger partial charge in [0.1, 0.15) is 73.5 Å². The maximum atomic E-state index is 12.4. The predicted molar refractivity (Wildman–Crippen MR) is 102 cm³/mol. The van der Waals surface area contributed by atoms with Crippen molar-refractivity contribution in [2.75, 3.05) is 13.2 Å². The summed E-state index contributed by atoms with van der Waals surface area (Å²) < 4.78 is 22.4. The predicted octanol–water partition coefficient (Wildman–Crippen LogP) is -9.95. The van der Waals surface area contributed by atoms with Crippen LogP contribution in [-0.2, 0) is 23.7 Å². The summed E-state index contributed by atoms with van der Waals surface area (Å²) in [6, 6.07) is -1.96. The largest absolute Gasteiger partial charge is 0.394 e. The number of aliphatic hydroxyl groups excluding tert-OH is 6. The van der Waals surface area contributed by atoms with E-state index in [1.54, 1.807) is 0 Å². The van der Waals surface area contributed by atoms with E-state index in [2.05, 4.69) is 22.9 Å². The summed E-state index contributed by atoms with van der Waals surface area (Å²) in [5.41, 5.74) is 15.2. The van der Waals surface area contributed by atoms with Crippen molar-refractivity contribution in [3.63, 3.8) is 0 Å². The molecule has 14 atom stereocenters. The summed E-state index contributed by atoms with van der Waals surface area (Å²) in [5, 5.41) is 60.9. The molecule has 0 bridgehead atoms. The van der Waals surface area contributed by atoms with Crippen LogP contribution in [-0.4, -0.2) is 135 Å². The minimum Gasteiger partial charge on any atom is -0.394 e. The molecule has 33 heavy (non-hydrogen) atoms. The molecule has 0 aromatic heterocycles. The number of carbonyl (C=O) groups excluding carboxylic acids is 1. The van der Waals surface area contributed by atoms with Gasteiger partial charge in [0, 0.05) is 0 Å². The van der Waals surface area contributed by atoms with Crippen molar-refractivity contribution in [2.45, 2.75) is 92.1 Å².